The molecule has 0 spiro atoms. The number of hydrogen-bond acceptors (Lipinski definition) is 3. The molecule has 4 heteroatoms. The minimum Gasteiger partial charge on any atom is -0.496 e. The number of carbonyl (C=O) groups excluding carboxylic acids is 1. The van der Waals surface area contributed by atoms with E-state index in [1.165, 1.54) is 6.08 Å². The smallest absolute Gasteiger partial charge is 0.244 e. The highest BCUT2D eigenvalue weighted by Gasteiger charge is 2.03. The van der Waals surface area contributed by atoms with Gasteiger partial charge in [-0.25, -0.2) is 0 Å². The molecular weight excluding hydrogens is 230 g/mol. The van der Waals surface area contributed by atoms with E-state index in [1.807, 2.05) is 25.1 Å². The molecule has 0 fully saturated rings. The number of rotatable bonds is 5. The predicted octanol–water partition coefficient (Wildman–Crippen LogP) is 1.51. The third-order valence-electron chi connectivity index (χ3n) is 2.46. The van der Waals surface area contributed by atoms with E-state index < -0.39 is 0 Å². The van der Waals surface area contributed by atoms with Crippen molar-refractivity contribution in [3.8, 4) is 5.75 Å². The number of methoxy groups -OCH3 is 1. The van der Waals surface area contributed by atoms with Gasteiger partial charge in [-0.05, 0) is 32.1 Å². The van der Waals surface area contributed by atoms with Crippen molar-refractivity contribution >= 4 is 12.0 Å². The van der Waals surface area contributed by atoms with Crippen LogP contribution in [0.2, 0.25) is 0 Å². The van der Waals surface area contributed by atoms with Gasteiger partial charge in [0.05, 0.1) is 13.7 Å². The Labute approximate surface area is 107 Å². The number of ether oxygens (including phenoxy) is 1. The van der Waals surface area contributed by atoms with E-state index in [2.05, 4.69) is 5.32 Å². The monoisotopic (exact) mass is 249 g/mol. The minimum atomic E-state index is -0.249. The van der Waals surface area contributed by atoms with Gasteiger partial charge in [-0.15, -0.1) is 0 Å². The molecule has 0 aliphatic rings. The largest absolute Gasteiger partial charge is 0.496 e. The van der Waals surface area contributed by atoms with Crippen LogP contribution in [0.25, 0.3) is 6.08 Å². The summed E-state index contributed by atoms with van der Waals surface area (Å²) in [5.74, 6) is 0.486. The van der Waals surface area contributed by atoms with Crippen molar-refractivity contribution < 1.29 is 14.6 Å². The molecule has 0 heterocycles. The topological polar surface area (TPSA) is 58.6 Å². The Morgan fingerprint density at radius 3 is 2.89 bits per heavy atom. The zero-order chi connectivity index (χ0) is 13.5. The van der Waals surface area contributed by atoms with Crippen molar-refractivity contribution in [2.75, 3.05) is 13.7 Å². The fourth-order valence-electron chi connectivity index (χ4n) is 1.49. The van der Waals surface area contributed by atoms with Gasteiger partial charge in [0, 0.05) is 17.7 Å². The molecule has 18 heavy (non-hydrogen) atoms. The molecule has 0 saturated carbocycles. The fourth-order valence-corrected chi connectivity index (χ4v) is 1.49. The van der Waals surface area contributed by atoms with Gasteiger partial charge < -0.3 is 15.2 Å². The average Bonchev–Trinajstić information content (AvgIpc) is 2.36. The maximum atomic E-state index is 11.5. The summed E-state index contributed by atoms with van der Waals surface area (Å²) in [6.07, 6.45) is 3.13. The summed E-state index contributed by atoms with van der Waals surface area (Å²) >= 11 is 0. The molecule has 1 atom stereocenters. The van der Waals surface area contributed by atoms with Crippen LogP contribution in [0, 0.1) is 6.92 Å². The number of benzene rings is 1. The first-order valence-corrected chi connectivity index (χ1v) is 5.81. The second-order valence-electron chi connectivity index (χ2n) is 4.17. The van der Waals surface area contributed by atoms with E-state index >= 15 is 0 Å². The number of aliphatic hydroxyl groups excluding tert-OH is 1. The van der Waals surface area contributed by atoms with E-state index in [-0.39, 0.29) is 18.6 Å². The highest BCUT2D eigenvalue weighted by molar-refractivity contribution is 5.92. The zero-order valence-electron chi connectivity index (χ0n) is 10.9. The van der Waals surface area contributed by atoms with Gasteiger partial charge in [0.25, 0.3) is 0 Å². The van der Waals surface area contributed by atoms with Crippen LogP contribution in [-0.2, 0) is 4.79 Å². The van der Waals surface area contributed by atoms with E-state index in [0.29, 0.717) is 0 Å². The highest BCUT2D eigenvalue weighted by atomic mass is 16.5. The quantitative estimate of drug-likeness (QED) is 0.778. The van der Waals surface area contributed by atoms with Crippen LogP contribution in [0.3, 0.4) is 0 Å². The first kappa shape index (κ1) is 14.3. The molecule has 0 radical (unpaired) electrons. The third kappa shape index (κ3) is 4.22. The molecular formula is C14H19NO3. The van der Waals surface area contributed by atoms with Crippen LogP contribution in [0.5, 0.6) is 5.75 Å². The van der Waals surface area contributed by atoms with Crippen molar-refractivity contribution in [1.29, 1.82) is 0 Å². The fraction of sp³-hybridized carbons (Fsp3) is 0.357. The van der Waals surface area contributed by atoms with Crippen LogP contribution < -0.4 is 10.1 Å². The molecule has 0 aliphatic carbocycles. The number of nitrogens with one attached hydrogen (secondary N) is 1. The molecule has 4 nitrogen and oxygen atoms in total. The Balaban J connectivity index is 2.77. The van der Waals surface area contributed by atoms with Crippen molar-refractivity contribution in [1.82, 2.24) is 5.32 Å². The SMILES string of the molecule is COc1ccc(C)cc1C=CC(=O)N[C@@H](C)CO. The Morgan fingerprint density at radius 1 is 1.56 bits per heavy atom. The van der Waals surface area contributed by atoms with Gasteiger partial charge >= 0.3 is 0 Å². The summed E-state index contributed by atoms with van der Waals surface area (Å²) in [4.78, 5) is 11.5. The molecule has 0 saturated heterocycles. The molecule has 2 N–H and O–H groups in total. The van der Waals surface area contributed by atoms with Crippen LogP contribution in [-0.4, -0.2) is 30.8 Å². The maximum Gasteiger partial charge on any atom is 0.244 e. The first-order valence-electron chi connectivity index (χ1n) is 5.81. The maximum absolute atomic E-state index is 11.5. The Kier molecular flexibility index (Phi) is 5.39. The molecule has 0 bridgehead atoms. The number of carbonyl (C=O) groups is 1. The van der Waals surface area contributed by atoms with Gasteiger partial charge in [0.15, 0.2) is 0 Å². The Morgan fingerprint density at radius 2 is 2.28 bits per heavy atom. The van der Waals surface area contributed by atoms with Gasteiger partial charge in [0.1, 0.15) is 5.75 Å². The molecule has 1 aromatic carbocycles. The lowest BCUT2D eigenvalue weighted by Crippen LogP contribution is -2.33. The van der Waals surface area contributed by atoms with Crippen LogP contribution in [0.15, 0.2) is 24.3 Å². The summed E-state index contributed by atoms with van der Waals surface area (Å²) in [5.41, 5.74) is 1.95. The van der Waals surface area contributed by atoms with E-state index in [4.69, 9.17) is 9.84 Å². The number of amides is 1. The van der Waals surface area contributed by atoms with Crippen LogP contribution in [0.1, 0.15) is 18.1 Å². The van der Waals surface area contributed by atoms with Gasteiger partial charge in [-0.3, -0.25) is 4.79 Å². The number of aliphatic hydroxyl groups is 1. The van der Waals surface area contributed by atoms with Gasteiger partial charge in [-0.1, -0.05) is 11.6 Å². The number of aryl methyl sites for hydroxylation is 1. The second kappa shape index (κ2) is 6.81. The van der Waals surface area contributed by atoms with Crippen molar-refractivity contribution in [3.05, 3.63) is 35.4 Å². The lowest BCUT2D eigenvalue weighted by atomic mass is 10.1. The molecule has 1 rings (SSSR count). The van der Waals surface area contributed by atoms with Crippen LogP contribution in [0.4, 0.5) is 0 Å². The molecule has 0 unspecified atom stereocenters. The van der Waals surface area contributed by atoms with Crippen molar-refractivity contribution in [3.63, 3.8) is 0 Å². The predicted molar refractivity (Wildman–Crippen MR) is 71.5 cm³/mol. The summed E-state index contributed by atoms with van der Waals surface area (Å²) < 4.78 is 5.21. The molecule has 0 aliphatic heterocycles. The van der Waals surface area contributed by atoms with E-state index in [0.717, 1.165) is 16.9 Å². The van der Waals surface area contributed by atoms with E-state index in [9.17, 15) is 4.79 Å². The lowest BCUT2D eigenvalue weighted by Gasteiger charge is -2.08. The zero-order valence-corrected chi connectivity index (χ0v) is 10.9. The molecule has 1 aromatic rings. The Bertz CT molecular complexity index is 441. The number of hydrogen-bond donors (Lipinski definition) is 2. The second-order valence-corrected chi connectivity index (χ2v) is 4.17. The normalized spacial score (nSPS) is 12.4. The Hall–Kier alpha value is -1.81. The third-order valence-corrected chi connectivity index (χ3v) is 2.46. The summed E-state index contributed by atoms with van der Waals surface area (Å²) in [7, 11) is 1.59. The molecule has 1 amide bonds. The van der Waals surface area contributed by atoms with Crippen LogP contribution >= 0.6 is 0 Å². The van der Waals surface area contributed by atoms with Gasteiger partial charge in [-0.2, -0.15) is 0 Å². The van der Waals surface area contributed by atoms with Crippen molar-refractivity contribution in [2.24, 2.45) is 0 Å². The first-order chi connectivity index (χ1) is 8.56. The lowest BCUT2D eigenvalue weighted by molar-refractivity contribution is -0.117. The minimum absolute atomic E-state index is 0.0760. The summed E-state index contributed by atoms with van der Waals surface area (Å²) in [6.45, 7) is 3.64. The van der Waals surface area contributed by atoms with Crippen molar-refractivity contribution in [2.45, 2.75) is 19.9 Å². The highest BCUT2D eigenvalue weighted by Crippen LogP contribution is 2.20. The van der Waals surface area contributed by atoms with E-state index in [1.54, 1.807) is 20.1 Å². The average molecular weight is 249 g/mol. The standard InChI is InChI=1S/C14H19NO3/c1-10-4-6-13(18-3)12(8-10)5-7-14(17)15-11(2)9-16/h4-8,11,16H,9H2,1-3H3,(H,15,17)/t11-/m0/s1. The summed E-state index contributed by atoms with van der Waals surface area (Å²) in [5, 5.41) is 11.5. The molecule has 98 valence electrons. The molecule has 0 aromatic heterocycles. The summed E-state index contributed by atoms with van der Waals surface area (Å²) in [6, 6.07) is 5.51. The van der Waals surface area contributed by atoms with Gasteiger partial charge in [0.2, 0.25) is 5.91 Å².